The SMILES string of the molecule is COc1ccc(CNC(=O)Nc2cc3c(cc2N2CCOCC2)n(C)c(=O)n3C)cc1. The highest BCUT2D eigenvalue weighted by molar-refractivity contribution is 5.98. The Morgan fingerprint density at radius 3 is 2.35 bits per heavy atom. The Labute approximate surface area is 180 Å². The van der Waals surface area contributed by atoms with Crippen molar-refractivity contribution in [2.45, 2.75) is 6.54 Å². The predicted octanol–water partition coefficient (Wildman–Crippen LogP) is 2.04. The van der Waals surface area contributed by atoms with Crippen LogP contribution in [0.2, 0.25) is 0 Å². The second-order valence-corrected chi connectivity index (χ2v) is 7.51. The molecule has 0 bridgehead atoms. The molecule has 1 aromatic heterocycles. The monoisotopic (exact) mass is 425 g/mol. The van der Waals surface area contributed by atoms with Crippen LogP contribution >= 0.6 is 0 Å². The Morgan fingerprint density at radius 1 is 1.06 bits per heavy atom. The fraction of sp³-hybridized carbons (Fsp3) is 0.364. The molecule has 9 nitrogen and oxygen atoms in total. The molecule has 1 saturated heterocycles. The third-order valence-electron chi connectivity index (χ3n) is 5.60. The third kappa shape index (κ3) is 4.22. The summed E-state index contributed by atoms with van der Waals surface area (Å²) < 4.78 is 13.8. The minimum atomic E-state index is -0.314. The number of aromatic nitrogens is 2. The first-order valence-electron chi connectivity index (χ1n) is 10.2. The van der Waals surface area contributed by atoms with Gasteiger partial charge in [0.2, 0.25) is 0 Å². The maximum atomic E-state index is 12.7. The summed E-state index contributed by atoms with van der Waals surface area (Å²) in [6.07, 6.45) is 0. The minimum Gasteiger partial charge on any atom is -0.497 e. The summed E-state index contributed by atoms with van der Waals surface area (Å²) in [5.74, 6) is 0.769. The number of amides is 2. The van der Waals surface area contributed by atoms with Crippen molar-refractivity contribution in [1.29, 1.82) is 0 Å². The number of imidazole rings is 1. The average Bonchev–Trinajstić information content (AvgIpc) is 3.01. The maximum absolute atomic E-state index is 12.7. The van der Waals surface area contributed by atoms with Gasteiger partial charge in [-0.1, -0.05) is 12.1 Å². The fourth-order valence-corrected chi connectivity index (χ4v) is 3.79. The van der Waals surface area contributed by atoms with Gasteiger partial charge >= 0.3 is 11.7 Å². The smallest absolute Gasteiger partial charge is 0.328 e. The number of anilines is 2. The average molecular weight is 425 g/mol. The highest BCUT2D eigenvalue weighted by Gasteiger charge is 2.20. The second-order valence-electron chi connectivity index (χ2n) is 7.51. The molecule has 2 amide bonds. The molecule has 4 rings (SSSR count). The Kier molecular flexibility index (Phi) is 5.85. The van der Waals surface area contributed by atoms with E-state index in [2.05, 4.69) is 15.5 Å². The summed E-state index contributed by atoms with van der Waals surface area (Å²) >= 11 is 0. The second kappa shape index (κ2) is 8.73. The number of fused-ring (bicyclic) bond motifs is 1. The Bertz CT molecular complexity index is 1140. The number of methoxy groups -OCH3 is 1. The Balaban J connectivity index is 1.58. The third-order valence-corrected chi connectivity index (χ3v) is 5.60. The van der Waals surface area contributed by atoms with E-state index in [9.17, 15) is 9.59 Å². The van der Waals surface area contributed by atoms with Gasteiger partial charge in [0.25, 0.3) is 0 Å². The van der Waals surface area contributed by atoms with E-state index in [0.29, 0.717) is 38.5 Å². The van der Waals surface area contributed by atoms with Crippen molar-refractivity contribution in [2.24, 2.45) is 14.1 Å². The first kappa shape index (κ1) is 20.8. The summed E-state index contributed by atoms with van der Waals surface area (Å²) in [7, 11) is 5.10. The van der Waals surface area contributed by atoms with Crippen LogP contribution < -0.4 is 26.0 Å². The zero-order valence-electron chi connectivity index (χ0n) is 18.0. The van der Waals surface area contributed by atoms with Crippen LogP contribution in [0.1, 0.15) is 5.56 Å². The van der Waals surface area contributed by atoms with Crippen LogP contribution in [0.15, 0.2) is 41.2 Å². The first-order valence-corrected chi connectivity index (χ1v) is 10.2. The number of carbonyl (C=O) groups is 1. The van der Waals surface area contributed by atoms with Gasteiger partial charge in [-0.05, 0) is 29.8 Å². The van der Waals surface area contributed by atoms with Crippen LogP contribution in [-0.2, 0) is 25.4 Å². The van der Waals surface area contributed by atoms with Gasteiger partial charge in [-0.15, -0.1) is 0 Å². The Morgan fingerprint density at radius 2 is 1.71 bits per heavy atom. The van der Waals surface area contributed by atoms with Crippen molar-refractivity contribution >= 4 is 28.4 Å². The molecule has 2 N–H and O–H groups in total. The van der Waals surface area contributed by atoms with Crippen molar-refractivity contribution in [3.05, 3.63) is 52.4 Å². The molecule has 3 aromatic rings. The van der Waals surface area contributed by atoms with Crippen LogP contribution in [0.4, 0.5) is 16.2 Å². The predicted molar refractivity (Wildman–Crippen MR) is 120 cm³/mol. The van der Waals surface area contributed by atoms with Crippen molar-refractivity contribution < 1.29 is 14.3 Å². The van der Waals surface area contributed by atoms with Crippen LogP contribution in [0.3, 0.4) is 0 Å². The standard InChI is InChI=1S/C22H27N5O4/c1-25-19-12-17(24-21(28)23-14-15-4-6-16(30-3)7-5-15)18(27-8-10-31-11-9-27)13-20(19)26(2)22(25)29/h4-7,12-13H,8-11,14H2,1-3H3,(H2,23,24,28). The molecule has 164 valence electrons. The van der Waals surface area contributed by atoms with Crippen molar-refractivity contribution in [1.82, 2.24) is 14.5 Å². The number of carbonyl (C=O) groups excluding carboxylic acids is 1. The number of urea groups is 1. The summed E-state index contributed by atoms with van der Waals surface area (Å²) in [4.78, 5) is 27.2. The highest BCUT2D eigenvalue weighted by atomic mass is 16.5. The van der Waals surface area contributed by atoms with Crippen molar-refractivity contribution in [3.8, 4) is 5.75 Å². The number of morpholine rings is 1. The molecule has 1 aliphatic rings. The van der Waals surface area contributed by atoms with E-state index in [-0.39, 0.29) is 11.7 Å². The van der Waals surface area contributed by atoms with Gasteiger partial charge in [0.05, 0.1) is 42.7 Å². The van der Waals surface area contributed by atoms with Gasteiger partial charge in [0, 0.05) is 33.7 Å². The number of ether oxygens (including phenoxy) is 2. The van der Waals surface area contributed by atoms with E-state index in [4.69, 9.17) is 9.47 Å². The lowest BCUT2D eigenvalue weighted by molar-refractivity contribution is 0.123. The van der Waals surface area contributed by atoms with Crippen LogP contribution in [0, 0.1) is 0 Å². The van der Waals surface area contributed by atoms with E-state index < -0.39 is 0 Å². The number of nitrogens with one attached hydrogen (secondary N) is 2. The highest BCUT2D eigenvalue weighted by Crippen LogP contribution is 2.31. The van der Waals surface area contributed by atoms with E-state index in [0.717, 1.165) is 28.0 Å². The quantitative estimate of drug-likeness (QED) is 0.653. The van der Waals surface area contributed by atoms with Crippen LogP contribution in [0.5, 0.6) is 5.75 Å². The van der Waals surface area contributed by atoms with E-state index in [1.165, 1.54) is 0 Å². The fourth-order valence-electron chi connectivity index (χ4n) is 3.79. The van der Waals surface area contributed by atoms with Crippen molar-refractivity contribution in [2.75, 3.05) is 43.6 Å². The molecule has 2 aromatic carbocycles. The first-order chi connectivity index (χ1) is 15.0. The molecule has 0 atom stereocenters. The maximum Gasteiger partial charge on any atom is 0.328 e. The molecule has 9 heteroatoms. The molecular weight excluding hydrogens is 398 g/mol. The number of benzene rings is 2. The lowest BCUT2D eigenvalue weighted by Gasteiger charge is -2.30. The van der Waals surface area contributed by atoms with Gasteiger partial charge in [0.1, 0.15) is 5.75 Å². The molecular formula is C22H27N5O4. The van der Waals surface area contributed by atoms with Gasteiger partial charge in [-0.25, -0.2) is 9.59 Å². The number of aryl methyl sites for hydroxylation is 2. The van der Waals surface area contributed by atoms with Gasteiger partial charge in [0.15, 0.2) is 0 Å². The normalized spacial score (nSPS) is 14.0. The lowest BCUT2D eigenvalue weighted by Crippen LogP contribution is -2.37. The number of hydrogen-bond donors (Lipinski definition) is 2. The molecule has 0 saturated carbocycles. The molecule has 2 heterocycles. The largest absolute Gasteiger partial charge is 0.497 e. The Hall–Kier alpha value is -3.46. The molecule has 31 heavy (non-hydrogen) atoms. The molecule has 1 fully saturated rings. The van der Waals surface area contributed by atoms with Crippen LogP contribution in [-0.4, -0.2) is 48.6 Å². The van der Waals surface area contributed by atoms with Crippen molar-refractivity contribution in [3.63, 3.8) is 0 Å². The van der Waals surface area contributed by atoms with E-state index in [1.807, 2.05) is 36.4 Å². The van der Waals surface area contributed by atoms with E-state index >= 15 is 0 Å². The number of nitrogens with zero attached hydrogens (tertiary/aromatic N) is 3. The van der Waals surface area contributed by atoms with Gasteiger partial charge in [-0.3, -0.25) is 9.13 Å². The van der Waals surface area contributed by atoms with Gasteiger partial charge < -0.3 is 25.0 Å². The molecule has 0 radical (unpaired) electrons. The summed E-state index contributed by atoms with van der Waals surface area (Å²) in [6.45, 7) is 3.06. The van der Waals surface area contributed by atoms with Crippen LogP contribution in [0.25, 0.3) is 11.0 Å². The van der Waals surface area contributed by atoms with Gasteiger partial charge in [-0.2, -0.15) is 0 Å². The number of hydrogen-bond acceptors (Lipinski definition) is 5. The lowest BCUT2D eigenvalue weighted by atomic mass is 10.2. The molecule has 1 aliphatic heterocycles. The zero-order valence-corrected chi connectivity index (χ0v) is 18.0. The number of rotatable bonds is 5. The summed E-state index contributed by atoms with van der Waals surface area (Å²) in [5.41, 5.74) is 3.96. The summed E-state index contributed by atoms with van der Waals surface area (Å²) in [5, 5.41) is 5.85. The van der Waals surface area contributed by atoms with E-state index in [1.54, 1.807) is 30.3 Å². The molecule has 0 aliphatic carbocycles. The molecule has 0 spiro atoms. The molecule has 0 unspecified atom stereocenters. The minimum absolute atomic E-state index is 0.107. The summed E-state index contributed by atoms with van der Waals surface area (Å²) in [6, 6.07) is 11.0. The topological polar surface area (TPSA) is 89.8 Å². The zero-order chi connectivity index (χ0) is 22.0.